The number of hydrogen-bond donors (Lipinski definition) is 0. The van der Waals surface area contributed by atoms with Crippen LogP contribution in [0.4, 0.5) is 0 Å². The van der Waals surface area contributed by atoms with Crippen molar-refractivity contribution in [3.63, 3.8) is 0 Å². The summed E-state index contributed by atoms with van der Waals surface area (Å²) >= 11 is 1.39. The van der Waals surface area contributed by atoms with Gasteiger partial charge in [-0.15, -0.1) is 0 Å². The molecule has 0 amide bonds. The van der Waals surface area contributed by atoms with E-state index in [0.29, 0.717) is 27.4 Å². The molecule has 7 heteroatoms. The minimum atomic E-state index is -0.502. The van der Waals surface area contributed by atoms with Gasteiger partial charge in [-0.3, -0.25) is 9.36 Å². The van der Waals surface area contributed by atoms with Gasteiger partial charge in [0.15, 0.2) is 5.16 Å². The highest BCUT2D eigenvalue weighted by molar-refractivity contribution is 7.98. The summed E-state index contributed by atoms with van der Waals surface area (Å²) in [6.07, 6.45) is 0. The Labute approximate surface area is 206 Å². The number of hydrogen-bond acceptors (Lipinski definition) is 6. The molecule has 6 nitrogen and oxygen atoms in total. The molecular formula is C28H24N2O4S. The van der Waals surface area contributed by atoms with Crippen molar-refractivity contribution in [2.75, 3.05) is 6.61 Å². The molecule has 3 aromatic carbocycles. The first-order valence-corrected chi connectivity index (χ1v) is 12.4. The summed E-state index contributed by atoms with van der Waals surface area (Å²) in [5.41, 5.74) is 4.70. The number of rotatable bonds is 6. The highest BCUT2D eigenvalue weighted by atomic mass is 32.2. The lowest BCUT2D eigenvalue weighted by molar-refractivity contribution is 0.0491. The van der Waals surface area contributed by atoms with Gasteiger partial charge in [-0.1, -0.05) is 48.2 Å². The van der Waals surface area contributed by atoms with Gasteiger partial charge in [0.05, 0.1) is 23.2 Å². The standard InChI is InChI=1S/C28H24N2O4S/c1-4-33-27(32)25-22(20-9-6-8-12-24(20)34-25)16-35-28-29-23-11-7-5-10-21(23)26(31)30(28)19-14-17(2)13-18(3)15-19/h5-15H,4,16H2,1-3H3. The second-order valence-corrected chi connectivity index (χ2v) is 9.26. The Morgan fingerprint density at radius 1 is 1.00 bits per heavy atom. The van der Waals surface area contributed by atoms with E-state index in [-0.39, 0.29) is 17.9 Å². The molecule has 0 saturated carbocycles. The maximum absolute atomic E-state index is 13.6. The maximum atomic E-state index is 13.6. The zero-order chi connectivity index (χ0) is 24.5. The fourth-order valence-electron chi connectivity index (χ4n) is 4.26. The number of para-hydroxylation sites is 2. The quantitative estimate of drug-likeness (QED) is 0.162. The average molecular weight is 485 g/mol. The van der Waals surface area contributed by atoms with Crippen molar-refractivity contribution in [3.05, 3.63) is 99.5 Å². The molecular weight excluding hydrogens is 460 g/mol. The molecule has 0 atom stereocenters. The molecule has 0 spiro atoms. The summed E-state index contributed by atoms with van der Waals surface area (Å²) in [5.74, 6) is 0.0555. The molecule has 0 aliphatic carbocycles. The number of carbonyl (C=O) groups excluding carboxylic acids is 1. The lowest BCUT2D eigenvalue weighted by Crippen LogP contribution is -2.22. The molecule has 0 unspecified atom stereocenters. The number of benzene rings is 3. The Morgan fingerprint density at radius 3 is 2.43 bits per heavy atom. The predicted molar refractivity (Wildman–Crippen MR) is 139 cm³/mol. The number of thioether (sulfide) groups is 1. The Hall–Kier alpha value is -3.84. The summed E-state index contributed by atoms with van der Waals surface area (Å²) in [4.78, 5) is 31.1. The van der Waals surface area contributed by atoms with Gasteiger partial charge in [-0.05, 0) is 62.2 Å². The van der Waals surface area contributed by atoms with Gasteiger partial charge in [0.1, 0.15) is 5.58 Å². The van der Waals surface area contributed by atoms with E-state index in [0.717, 1.165) is 27.8 Å². The summed E-state index contributed by atoms with van der Waals surface area (Å²) < 4.78 is 12.8. The lowest BCUT2D eigenvalue weighted by Gasteiger charge is -2.14. The van der Waals surface area contributed by atoms with Crippen LogP contribution in [-0.2, 0) is 10.5 Å². The minimum Gasteiger partial charge on any atom is -0.460 e. The lowest BCUT2D eigenvalue weighted by atomic mass is 10.1. The zero-order valence-corrected chi connectivity index (χ0v) is 20.5. The number of ether oxygens (including phenoxy) is 1. The Bertz CT molecular complexity index is 1610. The largest absolute Gasteiger partial charge is 0.460 e. The molecule has 0 saturated heterocycles. The minimum absolute atomic E-state index is 0.134. The van der Waals surface area contributed by atoms with E-state index in [1.54, 1.807) is 17.6 Å². The van der Waals surface area contributed by atoms with Crippen LogP contribution in [0.25, 0.3) is 27.6 Å². The van der Waals surface area contributed by atoms with Crippen molar-refractivity contribution >= 4 is 39.6 Å². The van der Waals surface area contributed by atoms with E-state index in [9.17, 15) is 9.59 Å². The number of furan rings is 1. The van der Waals surface area contributed by atoms with Gasteiger partial charge in [0, 0.05) is 16.7 Å². The normalized spacial score (nSPS) is 11.3. The first-order chi connectivity index (χ1) is 17.0. The molecule has 5 aromatic rings. The van der Waals surface area contributed by atoms with Crippen molar-refractivity contribution in [3.8, 4) is 5.69 Å². The molecule has 35 heavy (non-hydrogen) atoms. The van der Waals surface area contributed by atoms with Crippen LogP contribution in [0.1, 0.15) is 34.2 Å². The molecule has 0 N–H and O–H groups in total. The topological polar surface area (TPSA) is 74.3 Å². The molecule has 0 aliphatic rings. The molecule has 0 bridgehead atoms. The van der Waals surface area contributed by atoms with E-state index < -0.39 is 5.97 Å². The van der Waals surface area contributed by atoms with Crippen LogP contribution >= 0.6 is 11.8 Å². The van der Waals surface area contributed by atoms with E-state index in [2.05, 4.69) is 6.07 Å². The first-order valence-electron chi connectivity index (χ1n) is 11.4. The Morgan fingerprint density at radius 2 is 1.69 bits per heavy atom. The Balaban J connectivity index is 1.65. The van der Waals surface area contributed by atoms with Gasteiger partial charge in [-0.2, -0.15) is 0 Å². The van der Waals surface area contributed by atoms with Crippen LogP contribution < -0.4 is 5.56 Å². The highest BCUT2D eigenvalue weighted by Gasteiger charge is 2.23. The molecule has 0 aliphatic heterocycles. The summed E-state index contributed by atoms with van der Waals surface area (Å²) in [6.45, 7) is 6.02. The third-order valence-electron chi connectivity index (χ3n) is 5.71. The second kappa shape index (κ2) is 9.43. The number of aryl methyl sites for hydroxylation is 2. The predicted octanol–water partition coefficient (Wildman–Crippen LogP) is 6.22. The van der Waals surface area contributed by atoms with Crippen LogP contribution in [0, 0.1) is 13.8 Å². The van der Waals surface area contributed by atoms with Gasteiger partial charge in [-0.25, -0.2) is 9.78 Å². The molecule has 2 aromatic heterocycles. The second-order valence-electron chi connectivity index (χ2n) is 8.31. The van der Waals surface area contributed by atoms with Crippen LogP contribution in [0.2, 0.25) is 0 Å². The van der Waals surface area contributed by atoms with Crippen LogP contribution in [0.15, 0.2) is 81.1 Å². The van der Waals surface area contributed by atoms with Crippen LogP contribution in [0.5, 0.6) is 0 Å². The Kier molecular flexibility index (Phi) is 6.17. The number of carbonyl (C=O) groups is 1. The fourth-order valence-corrected chi connectivity index (χ4v) is 5.30. The van der Waals surface area contributed by atoms with Gasteiger partial charge < -0.3 is 9.15 Å². The monoisotopic (exact) mass is 484 g/mol. The average Bonchev–Trinajstić information content (AvgIpc) is 3.21. The summed E-state index contributed by atoms with van der Waals surface area (Å²) in [7, 11) is 0. The van der Waals surface area contributed by atoms with Crippen molar-refractivity contribution in [2.24, 2.45) is 0 Å². The van der Waals surface area contributed by atoms with E-state index in [1.165, 1.54) is 11.8 Å². The molecule has 2 heterocycles. The number of nitrogens with zero attached hydrogens (tertiary/aromatic N) is 2. The van der Waals surface area contributed by atoms with Crippen LogP contribution in [-0.4, -0.2) is 22.1 Å². The van der Waals surface area contributed by atoms with Gasteiger partial charge >= 0.3 is 5.97 Å². The van der Waals surface area contributed by atoms with Crippen LogP contribution in [0.3, 0.4) is 0 Å². The van der Waals surface area contributed by atoms with E-state index in [4.69, 9.17) is 14.1 Å². The molecule has 176 valence electrons. The smallest absolute Gasteiger partial charge is 0.374 e. The van der Waals surface area contributed by atoms with E-state index >= 15 is 0 Å². The summed E-state index contributed by atoms with van der Waals surface area (Å²) in [5, 5.41) is 1.93. The van der Waals surface area contributed by atoms with E-state index in [1.807, 2.05) is 68.4 Å². The molecule has 0 radical (unpaired) electrons. The summed E-state index contributed by atoms with van der Waals surface area (Å²) in [6, 6.07) is 20.9. The third-order valence-corrected chi connectivity index (χ3v) is 6.68. The molecule has 5 rings (SSSR count). The third kappa shape index (κ3) is 4.35. The zero-order valence-electron chi connectivity index (χ0n) is 19.7. The van der Waals surface area contributed by atoms with Gasteiger partial charge in [0.2, 0.25) is 5.76 Å². The van der Waals surface area contributed by atoms with Gasteiger partial charge in [0.25, 0.3) is 5.56 Å². The molecule has 0 fully saturated rings. The number of esters is 1. The SMILES string of the molecule is CCOC(=O)c1oc2ccccc2c1CSc1nc2ccccc2c(=O)n1-c1cc(C)cc(C)c1. The number of aromatic nitrogens is 2. The highest BCUT2D eigenvalue weighted by Crippen LogP contribution is 2.33. The number of fused-ring (bicyclic) bond motifs is 2. The first kappa shape index (κ1) is 22.9. The van der Waals surface area contributed by atoms with Crippen molar-refractivity contribution in [2.45, 2.75) is 31.7 Å². The maximum Gasteiger partial charge on any atom is 0.374 e. The van der Waals surface area contributed by atoms with Crippen molar-refractivity contribution in [1.29, 1.82) is 0 Å². The van der Waals surface area contributed by atoms with Crippen molar-refractivity contribution in [1.82, 2.24) is 9.55 Å². The fraction of sp³-hybridized carbons (Fsp3) is 0.179. The van der Waals surface area contributed by atoms with Crippen molar-refractivity contribution < 1.29 is 13.9 Å².